The van der Waals surface area contributed by atoms with Gasteiger partial charge in [0.1, 0.15) is 5.52 Å². The smallest absolute Gasteiger partial charge is 0.255 e. The number of oxazole rings is 1. The van der Waals surface area contributed by atoms with Gasteiger partial charge < -0.3 is 15.1 Å². The molecule has 0 saturated carbocycles. The molecule has 0 aliphatic carbocycles. The zero-order chi connectivity index (χ0) is 24.4. The van der Waals surface area contributed by atoms with E-state index in [0.29, 0.717) is 49.5 Å². The summed E-state index contributed by atoms with van der Waals surface area (Å²) in [7, 11) is 0. The molecule has 0 bridgehead atoms. The van der Waals surface area contributed by atoms with Crippen molar-refractivity contribution in [2.24, 2.45) is 0 Å². The number of fused-ring (bicyclic) bond motifs is 1. The number of anilines is 2. The van der Waals surface area contributed by atoms with Crippen LogP contribution in [0.25, 0.3) is 22.6 Å². The molecule has 8 heteroatoms. The summed E-state index contributed by atoms with van der Waals surface area (Å²) in [6.45, 7) is 0. The molecule has 0 fully saturated rings. The fourth-order valence-electron chi connectivity index (χ4n) is 3.49. The normalized spacial score (nSPS) is 10.8. The maximum absolute atomic E-state index is 12.5. The van der Waals surface area contributed by atoms with Crippen molar-refractivity contribution < 1.29 is 14.0 Å². The Bertz CT molecular complexity index is 1560. The lowest BCUT2D eigenvalue weighted by Gasteiger charge is -2.06. The number of nitrogens with one attached hydrogen (secondary N) is 2. The van der Waals surface area contributed by atoms with E-state index in [0.717, 1.165) is 5.56 Å². The average Bonchev–Trinajstić information content (AvgIpc) is 3.28. The molecule has 4 aromatic carbocycles. The number of carbonyl (C=O) groups excluding carboxylic acids is 2. The van der Waals surface area contributed by atoms with Gasteiger partial charge in [-0.15, -0.1) is 0 Å². The summed E-state index contributed by atoms with van der Waals surface area (Å²) in [5.74, 6) is -0.105. The van der Waals surface area contributed by atoms with Crippen molar-refractivity contribution in [3.8, 4) is 11.5 Å². The van der Waals surface area contributed by atoms with Gasteiger partial charge in [0.25, 0.3) is 11.8 Å². The molecule has 0 spiro atoms. The zero-order valence-electron chi connectivity index (χ0n) is 18.1. The van der Waals surface area contributed by atoms with E-state index in [4.69, 9.17) is 27.6 Å². The van der Waals surface area contributed by atoms with Crippen molar-refractivity contribution in [2.75, 3.05) is 10.6 Å². The van der Waals surface area contributed by atoms with Crippen molar-refractivity contribution in [3.63, 3.8) is 0 Å². The van der Waals surface area contributed by atoms with Crippen LogP contribution in [0.1, 0.15) is 20.7 Å². The summed E-state index contributed by atoms with van der Waals surface area (Å²) in [5, 5.41) is 6.66. The van der Waals surface area contributed by atoms with Crippen molar-refractivity contribution in [2.45, 2.75) is 0 Å². The molecule has 5 rings (SSSR count). The second-order valence-electron chi connectivity index (χ2n) is 7.71. The highest BCUT2D eigenvalue weighted by Crippen LogP contribution is 2.27. The van der Waals surface area contributed by atoms with Gasteiger partial charge in [0.05, 0.1) is 0 Å². The van der Waals surface area contributed by atoms with Gasteiger partial charge in [0.2, 0.25) is 5.89 Å². The standard InChI is InChI=1S/C27H17Cl2N3O3/c28-19-5-1-3-17(13-19)25(33)30-21-9-7-16(8-10-21)27-32-23-15-22(11-12-24(23)35-27)31-26(34)18-4-2-6-20(29)14-18/h1-15H,(H,30,33)(H,31,34). The Morgan fingerprint density at radius 1 is 0.686 bits per heavy atom. The Hall–Kier alpha value is -4.13. The molecule has 5 aromatic rings. The van der Waals surface area contributed by atoms with Crippen molar-refractivity contribution in [1.29, 1.82) is 0 Å². The lowest BCUT2D eigenvalue weighted by atomic mass is 10.2. The van der Waals surface area contributed by atoms with Crippen LogP contribution >= 0.6 is 23.2 Å². The van der Waals surface area contributed by atoms with Crippen LogP contribution in [0.5, 0.6) is 0 Å². The number of hydrogen-bond acceptors (Lipinski definition) is 4. The summed E-state index contributed by atoms with van der Waals surface area (Å²) in [6.07, 6.45) is 0. The fraction of sp³-hybridized carbons (Fsp3) is 0. The largest absolute Gasteiger partial charge is 0.436 e. The Morgan fingerprint density at radius 2 is 1.26 bits per heavy atom. The van der Waals surface area contributed by atoms with Gasteiger partial charge in [-0.3, -0.25) is 9.59 Å². The molecule has 0 atom stereocenters. The van der Waals surface area contributed by atoms with Gasteiger partial charge in [-0.05, 0) is 78.9 Å². The lowest BCUT2D eigenvalue weighted by molar-refractivity contribution is 0.101. The number of nitrogens with zero attached hydrogens (tertiary/aromatic N) is 1. The first-order valence-corrected chi connectivity index (χ1v) is 11.3. The number of amides is 2. The van der Waals surface area contributed by atoms with Gasteiger partial charge in [-0.2, -0.15) is 0 Å². The number of aromatic nitrogens is 1. The summed E-state index contributed by atoms with van der Waals surface area (Å²) < 4.78 is 5.87. The monoisotopic (exact) mass is 501 g/mol. The van der Waals surface area contributed by atoms with E-state index in [2.05, 4.69) is 15.6 Å². The summed E-state index contributed by atoms with van der Waals surface area (Å²) in [6, 6.07) is 25.8. The second kappa shape index (κ2) is 9.62. The van der Waals surface area contributed by atoms with Gasteiger partial charge in [0.15, 0.2) is 5.58 Å². The first-order valence-electron chi connectivity index (χ1n) is 10.6. The summed E-state index contributed by atoms with van der Waals surface area (Å²) >= 11 is 11.9. The van der Waals surface area contributed by atoms with E-state index in [1.54, 1.807) is 91.0 Å². The molecule has 0 radical (unpaired) electrons. The Labute approximate surface area is 210 Å². The van der Waals surface area contributed by atoms with Crippen molar-refractivity contribution in [1.82, 2.24) is 4.98 Å². The highest BCUT2D eigenvalue weighted by Gasteiger charge is 2.12. The minimum absolute atomic E-state index is 0.255. The third-order valence-electron chi connectivity index (χ3n) is 5.21. The fourth-order valence-corrected chi connectivity index (χ4v) is 3.87. The summed E-state index contributed by atoms with van der Waals surface area (Å²) in [5.41, 5.74) is 4.06. The maximum atomic E-state index is 12.5. The van der Waals surface area contributed by atoms with Crippen LogP contribution < -0.4 is 10.6 Å². The molecule has 1 heterocycles. The van der Waals surface area contributed by atoms with E-state index >= 15 is 0 Å². The van der Waals surface area contributed by atoms with E-state index in [-0.39, 0.29) is 11.8 Å². The number of benzene rings is 4. The third kappa shape index (κ3) is 5.19. The van der Waals surface area contributed by atoms with Gasteiger partial charge >= 0.3 is 0 Å². The van der Waals surface area contributed by atoms with Crippen molar-refractivity contribution >= 4 is 57.5 Å². The van der Waals surface area contributed by atoms with Gasteiger partial charge in [0, 0.05) is 38.1 Å². The van der Waals surface area contributed by atoms with Crippen LogP contribution in [-0.4, -0.2) is 16.8 Å². The van der Waals surface area contributed by atoms with Gasteiger partial charge in [-0.1, -0.05) is 35.3 Å². The van der Waals surface area contributed by atoms with Crippen LogP contribution in [0.3, 0.4) is 0 Å². The zero-order valence-corrected chi connectivity index (χ0v) is 19.6. The van der Waals surface area contributed by atoms with Crippen LogP contribution in [0.2, 0.25) is 10.0 Å². The van der Waals surface area contributed by atoms with E-state index in [9.17, 15) is 9.59 Å². The molecule has 6 nitrogen and oxygen atoms in total. The molecule has 0 saturated heterocycles. The Morgan fingerprint density at radius 3 is 1.86 bits per heavy atom. The number of rotatable bonds is 5. The highest BCUT2D eigenvalue weighted by molar-refractivity contribution is 6.31. The lowest BCUT2D eigenvalue weighted by Crippen LogP contribution is -2.11. The molecule has 0 aliphatic rings. The van der Waals surface area contributed by atoms with Crippen LogP contribution in [0, 0.1) is 0 Å². The Balaban J connectivity index is 1.31. The van der Waals surface area contributed by atoms with Crippen LogP contribution in [0.4, 0.5) is 11.4 Å². The molecule has 2 amide bonds. The number of carbonyl (C=O) groups is 2. The first-order chi connectivity index (χ1) is 16.9. The molecule has 0 aliphatic heterocycles. The number of hydrogen-bond donors (Lipinski definition) is 2. The van der Waals surface area contributed by atoms with E-state index < -0.39 is 0 Å². The maximum Gasteiger partial charge on any atom is 0.255 e. The predicted octanol–water partition coefficient (Wildman–Crippen LogP) is 7.31. The minimum atomic E-state index is -0.272. The van der Waals surface area contributed by atoms with Gasteiger partial charge in [-0.25, -0.2) is 4.98 Å². The first kappa shape index (κ1) is 22.7. The summed E-state index contributed by atoms with van der Waals surface area (Å²) in [4.78, 5) is 29.5. The minimum Gasteiger partial charge on any atom is -0.436 e. The van der Waals surface area contributed by atoms with Crippen LogP contribution in [-0.2, 0) is 0 Å². The van der Waals surface area contributed by atoms with Crippen molar-refractivity contribution in [3.05, 3.63) is 112 Å². The number of halogens is 2. The average molecular weight is 502 g/mol. The van der Waals surface area contributed by atoms with Crippen LogP contribution in [0.15, 0.2) is 95.4 Å². The molecule has 0 unspecified atom stereocenters. The molecule has 1 aromatic heterocycles. The van der Waals surface area contributed by atoms with E-state index in [1.165, 1.54) is 0 Å². The molecule has 2 N–H and O–H groups in total. The quantitative estimate of drug-likeness (QED) is 0.264. The predicted molar refractivity (Wildman–Crippen MR) is 138 cm³/mol. The Kier molecular flexibility index (Phi) is 6.23. The third-order valence-corrected chi connectivity index (χ3v) is 5.68. The highest BCUT2D eigenvalue weighted by atomic mass is 35.5. The van der Waals surface area contributed by atoms with E-state index in [1.807, 2.05) is 0 Å². The topological polar surface area (TPSA) is 84.2 Å². The molecular formula is C27H17Cl2N3O3. The molecule has 172 valence electrons. The SMILES string of the molecule is O=C(Nc1ccc(-c2nc3cc(NC(=O)c4cccc(Cl)c4)ccc3o2)cc1)c1cccc(Cl)c1. The molecular weight excluding hydrogens is 485 g/mol. The second-order valence-corrected chi connectivity index (χ2v) is 8.58. The molecule has 35 heavy (non-hydrogen) atoms.